The number of ether oxygens (including phenoxy) is 1. The first-order valence-electron chi connectivity index (χ1n) is 6.97. The molecule has 0 radical (unpaired) electrons. The average Bonchev–Trinajstić information content (AvgIpc) is 2.52. The highest BCUT2D eigenvalue weighted by molar-refractivity contribution is 5.89. The molecule has 1 heterocycles. The van der Waals surface area contributed by atoms with Crippen LogP contribution in [-0.4, -0.2) is 23.7 Å². The molecule has 0 aromatic heterocycles. The number of rotatable bonds is 3. The van der Waals surface area contributed by atoms with E-state index in [0.717, 1.165) is 11.1 Å². The summed E-state index contributed by atoms with van der Waals surface area (Å²) in [4.78, 5) is 12.6. The van der Waals surface area contributed by atoms with E-state index in [-0.39, 0.29) is 18.6 Å². The molecule has 0 unspecified atom stereocenters. The van der Waals surface area contributed by atoms with Gasteiger partial charge in [-0.15, -0.1) is 0 Å². The van der Waals surface area contributed by atoms with Crippen LogP contribution in [0.25, 0.3) is 0 Å². The van der Waals surface area contributed by atoms with Gasteiger partial charge in [0.1, 0.15) is 11.5 Å². The van der Waals surface area contributed by atoms with Crippen LogP contribution in [-0.2, 0) is 4.79 Å². The molecule has 0 spiro atoms. The smallest absolute Gasteiger partial charge is 0.232 e. The SMILES string of the molecule is C[C@@H](CO)NC(=O)C1c2ccccc2Oc2ccccc21. The first kappa shape index (κ1) is 13.6. The van der Waals surface area contributed by atoms with E-state index in [9.17, 15) is 4.79 Å². The van der Waals surface area contributed by atoms with E-state index in [4.69, 9.17) is 9.84 Å². The van der Waals surface area contributed by atoms with Crippen LogP contribution in [0, 0.1) is 0 Å². The van der Waals surface area contributed by atoms with Gasteiger partial charge in [0.25, 0.3) is 0 Å². The van der Waals surface area contributed by atoms with Crippen LogP contribution >= 0.6 is 0 Å². The van der Waals surface area contributed by atoms with Crippen molar-refractivity contribution >= 4 is 5.91 Å². The Bertz CT molecular complexity index is 623. The Hall–Kier alpha value is -2.33. The molecule has 21 heavy (non-hydrogen) atoms. The monoisotopic (exact) mass is 283 g/mol. The van der Waals surface area contributed by atoms with Crippen molar-refractivity contribution in [2.45, 2.75) is 18.9 Å². The summed E-state index contributed by atoms with van der Waals surface area (Å²) in [5.74, 6) is 0.862. The largest absolute Gasteiger partial charge is 0.457 e. The lowest BCUT2D eigenvalue weighted by Crippen LogP contribution is -2.39. The number of nitrogens with one attached hydrogen (secondary N) is 1. The molecule has 0 saturated carbocycles. The Kier molecular flexibility index (Phi) is 3.62. The van der Waals surface area contributed by atoms with Gasteiger partial charge in [-0.05, 0) is 19.1 Å². The fourth-order valence-electron chi connectivity index (χ4n) is 2.56. The van der Waals surface area contributed by atoms with Crippen molar-refractivity contribution < 1.29 is 14.6 Å². The number of fused-ring (bicyclic) bond motifs is 2. The van der Waals surface area contributed by atoms with Crippen LogP contribution in [0.2, 0.25) is 0 Å². The second-order valence-corrected chi connectivity index (χ2v) is 5.20. The van der Waals surface area contributed by atoms with Gasteiger partial charge in [0, 0.05) is 17.2 Å². The van der Waals surface area contributed by atoms with Crippen LogP contribution in [0.4, 0.5) is 0 Å². The zero-order valence-electron chi connectivity index (χ0n) is 11.7. The van der Waals surface area contributed by atoms with Crippen molar-refractivity contribution in [1.82, 2.24) is 5.32 Å². The topological polar surface area (TPSA) is 58.6 Å². The molecule has 1 amide bonds. The highest BCUT2D eigenvalue weighted by atomic mass is 16.5. The minimum absolute atomic E-state index is 0.0851. The summed E-state index contributed by atoms with van der Waals surface area (Å²) in [6.07, 6.45) is 0. The molecule has 1 aliphatic rings. The van der Waals surface area contributed by atoms with Crippen molar-refractivity contribution in [3.8, 4) is 11.5 Å². The van der Waals surface area contributed by atoms with Gasteiger partial charge >= 0.3 is 0 Å². The summed E-state index contributed by atoms with van der Waals surface area (Å²) in [6, 6.07) is 14.8. The van der Waals surface area contributed by atoms with E-state index in [1.165, 1.54) is 0 Å². The van der Waals surface area contributed by atoms with Crippen LogP contribution in [0.1, 0.15) is 24.0 Å². The molecule has 0 fully saturated rings. The van der Waals surface area contributed by atoms with Crippen molar-refractivity contribution in [3.63, 3.8) is 0 Å². The molecule has 3 rings (SSSR count). The zero-order chi connectivity index (χ0) is 14.8. The Morgan fingerprint density at radius 2 is 1.67 bits per heavy atom. The highest BCUT2D eigenvalue weighted by Crippen LogP contribution is 2.43. The number of para-hydroxylation sites is 2. The summed E-state index contributed by atoms with van der Waals surface area (Å²) < 4.78 is 5.86. The van der Waals surface area contributed by atoms with Gasteiger partial charge in [-0.1, -0.05) is 36.4 Å². The number of carbonyl (C=O) groups excluding carboxylic acids is 1. The summed E-state index contributed by atoms with van der Waals surface area (Å²) in [7, 11) is 0. The highest BCUT2D eigenvalue weighted by Gasteiger charge is 2.32. The molecule has 0 aliphatic carbocycles. The second kappa shape index (κ2) is 5.58. The predicted octanol–water partition coefficient (Wildman–Crippen LogP) is 2.42. The Labute approximate surface area is 123 Å². The van der Waals surface area contributed by atoms with Gasteiger partial charge in [-0.2, -0.15) is 0 Å². The molecule has 1 atom stereocenters. The maximum atomic E-state index is 12.6. The van der Waals surface area contributed by atoms with E-state index in [1.54, 1.807) is 6.92 Å². The Balaban J connectivity index is 2.04. The number of aliphatic hydroxyl groups excluding tert-OH is 1. The number of hydrogen-bond donors (Lipinski definition) is 2. The standard InChI is InChI=1S/C17H17NO3/c1-11(10-19)18-17(20)16-12-6-2-4-8-14(12)21-15-9-5-3-7-13(15)16/h2-9,11,16,19H,10H2,1H3,(H,18,20)/t11-/m0/s1. The number of amides is 1. The van der Waals surface area contributed by atoms with Crippen molar-refractivity contribution in [2.75, 3.05) is 6.61 Å². The lowest BCUT2D eigenvalue weighted by atomic mass is 9.87. The molecule has 4 nitrogen and oxygen atoms in total. The second-order valence-electron chi connectivity index (χ2n) is 5.20. The first-order valence-corrected chi connectivity index (χ1v) is 6.97. The van der Waals surface area contributed by atoms with Gasteiger partial charge in [0.2, 0.25) is 5.91 Å². The summed E-state index contributed by atoms with van der Waals surface area (Å²) >= 11 is 0. The fraction of sp³-hybridized carbons (Fsp3) is 0.235. The summed E-state index contributed by atoms with van der Waals surface area (Å²) in [5, 5.41) is 12.0. The van der Waals surface area contributed by atoms with Gasteiger partial charge < -0.3 is 15.2 Å². The van der Waals surface area contributed by atoms with Crippen LogP contribution in [0.5, 0.6) is 11.5 Å². The molecule has 0 bridgehead atoms. The normalized spacial score (nSPS) is 14.6. The predicted molar refractivity (Wildman–Crippen MR) is 79.5 cm³/mol. The minimum atomic E-state index is -0.417. The average molecular weight is 283 g/mol. The van der Waals surface area contributed by atoms with Gasteiger partial charge in [0.15, 0.2) is 0 Å². The third-order valence-corrected chi connectivity index (χ3v) is 3.60. The lowest BCUT2D eigenvalue weighted by Gasteiger charge is -2.28. The third-order valence-electron chi connectivity index (χ3n) is 3.60. The minimum Gasteiger partial charge on any atom is -0.457 e. The van der Waals surface area contributed by atoms with Gasteiger partial charge in [-0.3, -0.25) is 4.79 Å². The molecular formula is C17H17NO3. The van der Waals surface area contributed by atoms with Crippen molar-refractivity contribution in [3.05, 3.63) is 59.7 Å². The zero-order valence-corrected chi connectivity index (χ0v) is 11.7. The van der Waals surface area contributed by atoms with Crippen molar-refractivity contribution in [2.24, 2.45) is 0 Å². The van der Waals surface area contributed by atoms with E-state index >= 15 is 0 Å². The van der Waals surface area contributed by atoms with Gasteiger partial charge in [0.05, 0.1) is 12.5 Å². The third kappa shape index (κ3) is 2.50. The molecule has 0 saturated heterocycles. The fourth-order valence-corrected chi connectivity index (χ4v) is 2.56. The number of benzene rings is 2. The van der Waals surface area contributed by atoms with E-state index < -0.39 is 5.92 Å². The van der Waals surface area contributed by atoms with Crippen LogP contribution in [0.3, 0.4) is 0 Å². The van der Waals surface area contributed by atoms with E-state index in [2.05, 4.69) is 5.32 Å². The summed E-state index contributed by atoms with van der Waals surface area (Å²) in [5.41, 5.74) is 1.69. The Morgan fingerprint density at radius 3 is 2.19 bits per heavy atom. The molecule has 2 N–H and O–H groups in total. The number of aliphatic hydroxyl groups is 1. The van der Waals surface area contributed by atoms with E-state index in [0.29, 0.717) is 11.5 Å². The molecule has 1 aliphatic heterocycles. The number of hydrogen-bond acceptors (Lipinski definition) is 3. The number of carbonyl (C=O) groups is 1. The maximum Gasteiger partial charge on any atom is 0.232 e. The quantitative estimate of drug-likeness (QED) is 0.909. The molecular weight excluding hydrogens is 266 g/mol. The molecule has 2 aromatic carbocycles. The maximum absolute atomic E-state index is 12.6. The summed E-state index contributed by atoms with van der Waals surface area (Å²) in [6.45, 7) is 1.69. The molecule has 108 valence electrons. The lowest BCUT2D eigenvalue weighted by molar-refractivity contribution is -0.122. The molecule has 4 heteroatoms. The van der Waals surface area contributed by atoms with Crippen molar-refractivity contribution in [1.29, 1.82) is 0 Å². The van der Waals surface area contributed by atoms with Crippen LogP contribution < -0.4 is 10.1 Å². The van der Waals surface area contributed by atoms with E-state index in [1.807, 2.05) is 48.5 Å². The first-order chi connectivity index (χ1) is 10.2. The molecule has 2 aromatic rings. The Morgan fingerprint density at radius 1 is 1.14 bits per heavy atom. The van der Waals surface area contributed by atoms with Gasteiger partial charge in [-0.25, -0.2) is 0 Å². The van der Waals surface area contributed by atoms with Crippen LogP contribution in [0.15, 0.2) is 48.5 Å².